The number of nitrogens with zero attached hydrogens (tertiary/aromatic N) is 2. The number of fused-ring (bicyclic) bond motifs is 1. The van der Waals surface area contributed by atoms with Gasteiger partial charge in [0.2, 0.25) is 5.91 Å². The second kappa shape index (κ2) is 4.13. The highest BCUT2D eigenvalue weighted by Crippen LogP contribution is 2.37. The maximum Gasteiger partial charge on any atom is 0.270 e. The lowest BCUT2D eigenvalue weighted by atomic mass is 10.0. The Bertz CT molecular complexity index is 379. The van der Waals surface area contributed by atoms with Crippen molar-refractivity contribution in [2.45, 2.75) is 32.1 Å². The van der Waals surface area contributed by atoms with E-state index in [4.69, 9.17) is 0 Å². The summed E-state index contributed by atoms with van der Waals surface area (Å²) >= 11 is 0. The van der Waals surface area contributed by atoms with E-state index in [0.29, 0.717) is 30.4 Å². The lowest BCUT2D eigenvalue weighted by Crippen LogP contribution is -2.39. The normalized spacial score (nSPS) is 32.1. The third kappa shape index (κ3) is 1.94. The predicted molar refractivity (Wildman–Crippen MR) is 62.2 cm³/mol. The Labute approximate surface area is 100 Å². The third-order valence-electron chi connectivity index (χ3n) is 4.16. The van der Waals surface area contributed by atoms with Gasteiger partial charge in [-0.05, 0) is 24.7 Å². The van der Waals surface area contributed by atoms with E-state index in [1.165, 1.54) is 19.3 Å². The number of carbonyl (C=O) groups excluding carboxylic acids is 2. The number of amides is 2. The topological polar surface area (TPSA) is 61.8 Å². The van der Waals surface area contributed by atoms with Crippen molar-refractivity contribution in [1.82, 2.24) is 10.3 Å². The zero-order valence-electron chi connectivity index (χ0n) is 9.82. The van der Waals surface area contributed by atoms with Gasteiger partial charge in [0.1, 0.15) is 5.71 Å². The molecule has 0 aromatic carbocycles. The summed E-state index contributed by atoms with van der Waals surface area (Å²) in [5.74, 6) is 1.34. The molecule has 2 heterocycles. The van der Waals surface area contributed by atoms with Crippen molar-refractivity contribution in [3.05, 3.63) is 0 Å². The van der Waals surface area contributed by atoms with Crippen molar-refractivity contribution in [3.8, 4) is 0 Å². The molecule has 5 nitrogen and oxygen atoms in total. The Morgan fingerprint density at radius 1 is 1.24 bits per heavy atom. The molecule has 0 spiro atoms. The Hall–Kier alpha value is -1.39. The van der Waals surface area contributed by atoms with Crippen molar-refractivity contribution in [2.24, 2.45) is 16.9 Å². The molecule has 2 unspecified atom stereocenters. The van der Waals surface area contributed by atoms with E-state index in [0.717, 1.165) is 13.1 Å². The molecule has 0 bridgehead atoms. The number of hydrogen-bond donors (Lipinski definition) is 1. The molecule has 0 aromatic heterocycles. The first-order chi connectivity index (χ1) is 8.24. The molecule has 92 valence electrons. The predicted octanol–water partition coefficient (Wildman–Crippen LogP) is 0.511. The summed E-state index contributed by atoms with van der Waals surface area (Å²) < 4.78 is 0. The molecule has 3 aliphatic rings. The molecule has 1 saturated heterocycles. The fourth-order valence-electron chi connectivity index (χ4n) is 3.21. The minimum atomic E-state index is -0.0974. The van der Waals surface area contributed by atoms with Crippen LogP contribution >= 0.6 is 0 Å². The minimum absolute atomic E-state index is 0.0272. The van der Waals surface area contributed by atoms with Crippen LogP contribution in [0.5, 0.6) is 0 Å². The smallest absolute Gasteiger partial charge is 0.270 e. The molecule has 5 heteroatoms. The van der Waals surface area contributed by atoms with Gasteiger partial charge in [-0.15, -0.1) is 0 Å². The van der Waals surface area contributed by atoms with Crippen LogP contribution in [0.2, 0.25) is 0 Å². The van der Waals surface area contributed by atoms with E-state index >= 15 is 0 Å². The highest BCUT2D eigenvalue weighted by Gasteiger charge is 2.39. The van der Waals surface area contributed by atoms with Crippen LogP contribution < -0.4 is 5.43 Å². The van der Waals surface area contributed by atoms with E-state index < -0.39 is 0 Å². The van der Waals surface area contributed by atoms with Gasteiger partial charge in [-0.1, -0.05) is 6.42 Å². The van der Waals surface area contributed by atoms with Gasteiger partial charge in [-0.3, -0.25) is 9.59 Å². The number of carbonyl (C=O) groups is 2. The molecule has 1 aliphatic carbocycles. The van der Waals surface area contributed by atoms with Gasteiger partial charge < -0.3 is 4.90 Å². The van der Waals surface area contributed by atoms with Crippen molar-refractivity contribution in [1.29, 1.82) is 0 Å². The second-order valence-electron chi connectivity index (χ2n) is 5.25. The molecule has 2 fully saturated rings. The molecule has 2 atom stereocenters. The summed E-state index contributed by atoms with van der Waals surface area (Å²) in [5.41, 5.74) is 2.91. The van der Waals surface area contributed by atoms with E-state index in [-0.39, 0.29) is 11.8 Å². The van der Waals surface area contributed by atoms with Crippen LogP contribution in [0.3, 0.4) is 0 Å². The van der Waals surface area contributed by atoms with Gasteiger partial charge in [0, 0.05) is 25.9 Å². The lowest BCUT2D eigenvalue weighted by molar-refractivity contribution is -0.124. The van der Waals surface area contributed by atoms with Gasteiger partial charge in [-0.2, -0.15) is 5.10 Å². The van der Waals surface area contributed by atoms with E-state index in [9.17, 15) is 9.59 Å². The first-order valence-corrected chi connectivity index (χ1v) is 6.38. The minimum Gasteiger partial charge on any atom is -0.337 e. The standard InChI is InChI=1S/C12H17N3O2/c16-11-5-4-10(13-14-11)12(17)15-6-8-2-1-3-9(8)7-15/h8-9H,1-7H2,(H,14,16). The SMILES string of the molecule is O=C1CCC(C(=O)N2CC3CCCC3C2)=NN1. The third-order valence-corrected chi connectivity index (χ3v) is 4.16. The summed E-state index contributed by atoms with van der Waals surface area (Å²) in [6.45, 7) is 1.77. The highest BCUT2D eigenvalue weighted by atomic mass is 16.2. The zero-order chi connectivity index (χ0) is 11.8. The molecule has 0 radical (unpaired) electrons. The van der Waals surface area contributed by atoms with Crippen LogP contribution in [0.15, 0.2) is 5.10 Å². The molecule has 1 N–H and O–H groups in total. The summed E-state index contributed by atoms with van der Waals surface area (Å²) in [5, 5.41) is 3.87. The van der Waals surface area contributed by atoms with Gasteiger partial charge in [0.15, 0.2) is 0 Å². The largest absolute Gasteiger partial charge is 0.337 e. The molecule has 17 heavy (non-hydrogen) atoms. The van der Waals surface area contributed by atoms with Gasteiger partial charge >= 0.3 is 0 Å². The molecule has 2 amide bonds. The fraction of sp³-hybridized carbons (Fsp3) is 0.750. The van der Waals surface area contributed by atoms with Crippen LogP contribution in [0.4, 0.5) is 0 Å². The zero-order valence-corrected chi connectivity index (χ0v) is 9.82. The van der Waals surface area contributed by atoms with Crippen molar-refractivity contribution in [2.75, 3.05) is 13.1 Å². The highest BCUT2D eigenvalue weighted by molar-refractivity contribution is 6.39. The van der Waals surface area contributed by atoms with Crippen molar-refractivity contribution >= 4 is 17.5 Å². The average Bonchev–Trinajstić information content (AvgIpc) is 2.89. The Morgan fingerprint density at radius 2 is 1.94 bits per heavy atom. The average molecular weight is 235 g/mol. The monoisotopic (exact) mass is 235 g/mol. The van der Waals surface area contributed by atoms with Gasteiger partial charge in [-0.25, -0.2) is 5.43 Å². The summed E-state index contributed by atoms with van der Waals surface area (Å²) in [6, 6.07) is 0. The van der Waals surface area contributed by atoms with Crippen molar-refractivity contribution < 1.29 is 9.59 Å². The maximum absolute atomic E-state index is 12.2. The van der Waals surface area contributed by atoms with Gasteiger partial charge in [0.25, 0.3) is 5.91 Å². The Kier molecular flexibility index (Phi) is 2.61. The second-order valence-corrected chi connectivity index (χ2v) is 5.25. The lowest BCUT2D eigenvalue weighted by Gasteiger charge is -2.20. The van der Waals surface area contributed by atoms with Crippen LogP contribution in [0.1, 0.15) is 32.1 Å². The number of nitrogens with one attached hydrogen (secondary N) is 1. The first-order valence-electron chi connectivity index (χ1n) is 6.38. The Balaban J connectivity index is 1.65. The molecule has 3 rings (SSSR count). The quantitative estimate of drug-likeness (QED) is 0.720. The Morgan fingerprint density at radius 3 is 2.53 bits per heavy atom. The van der Waals surface area contributed by atoms with E-state index in [2.05, 4.69) is 10.5 Å². The van der Waals surface area contributed by atoms with E-state index in [1.807, 2.05) is 4.90 Å². The molecule has 1 saturated carbocycles. The van der Waals surface area contributed by atoms with Crippen LogP contribution in [-0.4, -0.2) is 35.5 Å². The van der Waals surface area contributed by atoms with E-state index in [1.54, 1.807) is 0 Å². The molecular formula is C12H17N3O2. The van der Waals surface area contributed by atoms with Crippen molar-refractivity contribution in [3.63, 3.8) is 0 Å². The van der Waals surface area contributed by atoms with Crippen LogP contribution in [-0.2, 0) is 9.59 Å². The van der Waals surface area contributed by atoms with Crippen LogP contribution in [0, 0.1) is 11.8 Å². The fourth-order valence-corrected chi connectivity index (χ4v) is 3.21. The number of rotatable bonds is 1. The van der Waals surface area contributed by atoms with Gasteiger partial charge in [0.05, 0.1) is 0 Å². The first kappa shape index (κ1) is 10.7. The van der Waals surface area contributed by atoms with Crippen LogP contribution in [0.25, 0.3) is 0 Å². The summed E-state index contributed by atoms with van der Waals surface area (Å²) in [7, 11) is 0. The summed E-state index contributed by atoms with van der Waals surface area (Å²) in [6.07, 6.45) is 4.70. The number of likely N-dealkylation sites (tertiary alicyclic amines) is 1. The summed E-state index contributed by atoms with van der Waals surface area (Å²) in [4.78, 5) is 25.1. The maximum atomic E-state index is 12.2. The molecule has 0 aromatic rings. The molecule has 2 aliphatic heterocycles. The number of hydrazone groups is 1. The molecular weight excluding hydrogens is 218 g/mol. The number of hydrogen-bond acceptors (Lipinski definition) is 3.